The summed E-state index contributed by atoms with van der Waals surface area (Å²) in [7, 11) is -3.08. The van der Waals surface area contributed by atoms with Crippen LogP contribution in [0.5, 0.6) is 0 Å². The number of hydrogen-bond donors (Lipinski definition) is 2. The number of ether oxygens (including phenoxy) is 4. The van der Waals surface area contributed by atoms with E-state index in [2.05, 4.69) is 19.2 Å². The first kappa shape index (κ1) is 48.3. The van der Waals surface area contributed by atoms with Crippen LogP contribution in [0.15, 0.2) is 0 Å². The number of methoxy groups -OCH3 is 1. The first-order valence-electron chi connectivity index (χ1n) is 19.6. The summed E-state index contributed by atoms with van der Waals surface area (Å²) in [5, 5.41) is 2.37. The first-order chi connectivity index (χ1) is 24.2. The first-order valence-corrected chi connectivity index (χ1v) is 21.1. The number of esters is 2. The quantitative estimate of drug-likeness (QED) is 0.0271. The second-order valence-electron chi connectivity index (χ2n) is 13.0. The lowest BCUT2D eigenvalue weighted by molar-refractivity contribution is -0.161. The fraction of sp³-hybridized carbons (Fsp3) is 0.919. The Morgan fingerprint density at radius 1 is 0.580 bits per heavy atom. The minimum absolute atomic E-state index is 0.0635. The Hall–Kier alpha value is -1.72. The number of phosphoric acid groups is 1. The van der Waals surface area contributed by atoms with Crippen LogP contribution in [0.25, 0.3) is 0 Å². The van der Waals surface area contributed by atoms with E-state index in [1.165, 1.54) is 97.0 Å². The molecule has 0 aromatic rings. The lowest BCUT2D eigenvalue weighted by Gasteiger charge is -2.20. The summed E-state index contributed by atoms with van der Waals surface area (Å²) < 4.78 is 42.8. The number of carbonyl (C=O) groups excluding carboxylic acids is 3. The van der Waals surface area contributed by atoms with Gasteiger partial charge in [-0.1, -0.05) is 142 Å². The van der Waals surface area contributed by atoms with Gasteiger partial charge in [0.15, 0.2) is 6.10 Å². The highest BCUT2D eigenvalue weighted by Gasteiger charge is 2.26. The van der Waals surface area contributed by atoms with Crippen molar-refractivity contribution in [3.05, 3.63) is 0 Å². The van der Waals surface area contributed by atoms with Gasteiger partial charge in [0, 0.05) is 26.5 Å². The summed E-state index contributed by atoms with van der Waals surface area (Å²) >= 11 is 0. The zero-order valence-electron chi connectivity index (χ0n) is 31.8. The van der Waals surface area contributed by atoms with Gasteiger partial charge in [-0.2, -0.15) is 0 Å². The van der Waals surface area contributed by atoms with Gasteiger partial charge in [0.25, 0.3) is 0 Å². The van der Waals surface area contributed by atoms with Crippen LogP contribution in [0.3, 0.4) is 0 Å². The zero-order chi connectivity index (χ0) is 37.0. The molecule has 0 heterocycles. The van der Waals surface area contributed by atoms with Gasteiger partial charge in [0.2, 0.25) is 0 Å². The van der Waals surface area contributed by atoms with Gasteiger partial charge in [-0.25, -0.2) is 9.36 Å². The highest BCUT2D eigenvalue weighted by molar-refractivity contribution is 7.47. The van der Waals surface area contributed by atoms with Crippen molar-refractivity contribution in [2.75, 3.05) is 46.7 Å². The van der Waals surface area contributed by atoms with Gasteiger partial charge >= 0.3 is 25.9 Å². The molecule has 2 atom stereocenters. The molecule has 2 N–H and O–H groups in total. The molecule has 0 bridgehead atoms. The molecule has 13 heteroatoms. The highest BCUT2D eigenvalue weighted by atomic mass is 31.2. The van der Waals surface area contributed by atoms with E-state index < -0.39 is 38.6 Å². The summed E-state index contributed by atoms with van der Waals surface area (Å²) in [6.45, 7) is 3.52. The Morgan fingerprint density at radius 2 is 1.04 bits per heavy atom. The molecular weight excluding hydrogens is 665 g/mol. The molecule has 0 aromatic carbocycles. The molecule has 0 aromatic heterocycles. The predicted octanol–water partition coefficient (Wildman–Crippen LogP) is 9.35. The average Bonchev–Trinajstić information content (AvgIpc) is 3.09. The van der Waals surface area contributed by atoms with Crippen LogP contribution < -0.4 is 5.32 Å². The molecular formula is C37H72NO11P. The van der Waals surface area contributed by atoms with E-state index in [9.17, 15) is 23.8 Å². The Labute approximate surface area is 303 Å². The number of alkyl carbamates (subject to hydrolysis) is 1. The van der Waals surface area contributed by atoms with Gasteiger partial charge < -0.3 is 29.2 Å². The van der Waals surface area contributed by atoms with E-state index in [-0.39, 0.29) is 45.8 Å². The maximum Gasteiger partial charge on any atom is 0.472 e. The third-order valence-corrected chi connectivity index (χ3v) is 9.25. The normalized spacial score (nSPS) is 13.0. The highest BCUT2D eigenvalue weighted by Crippen LogP contribution is 2.43. The van der Waals surface area contributed by atoms with E-state index in [1.807, 2.05) is 0 Å². The molecule has 50 heavy (non-hydrogen) atoms. The molecule has 12 nitrogen and oxygen atoms in total. The van der Waals surface area contributed by atoms with Gasteiger partial charge in [-0.05, 0) is 12.8 Å². The summed E-state index contributed by atoms with van der Waals surface area (Å²) in [6.07, 6.45) is 24.2. The van der Waals surface area contributed by atoms with Crippen LogP contribution in [0.2, 0.25) is 0 Å². The molecule has 1 unspecified atom stereocenters. The standard InChI is InChI=1S/C37H72NO11P/c1-4-6-8-10-12-14-16-18-20-22-24-26-35(39)46-32-34(33-48-50(42,43)47-29-28-38-37(41)45-31-30-44-3)49-36(40)27-25-23-21-19-17-15-13-11-9-7-5-2/h34H,4-33H2,1-3H3,(H,38,41)(H,42,43)/t34-/m1/s1. The second kappa shape index (κ2) is 35.7. The minimum Gasteiger partial charge on any atom is -0.462 e. The van der Waals surface area contributed by atoms with Crippen LogP contribution in [-0.4, -0.2) is 75.7 Å². The van der Waals surface area contributed by atoms with Gasteiger partial charge in [-0.3, -0.25) is 18.6 Å². The van der Waals surface area contributed by atoms with Crippen molar-refractivity contribution in [3.63, 3.8) is 0 Å². The molecule has 0 aliphatic rings. The Balaban J connectivity index is 4.53. The minimum atomic E-state index is -4.56. The smallest absolute Gasteiger partial charge is 0.462 e. The molecule has 0 saturated carbocycles. The lowest BCUT2D eigenvalue weighted by Crippen LogP contribution is -2.30. The van der Waals surface area contributed by atoms with Crippen LogP contribution in [0, 0.1) is 0 Å². The average molecular weight is 738 g/mol. The molecule has 0 spiro atoms. The van der Waals surface area contributed by atoms with Gasteiger partial charge in [-0.15, -0.1) is 0 Å². The van der Waals surface area contributed by atoms with E-state index >= 15 is 0 Å². The molecule has 1 amide bonds. The monoisotopic (exact) mass is 737 g/mol. The van der Waals surface area contributed by atoms with E-state index in [0.717, 1.165) is 38.5 Å². The molecule has 0 rings (SSSR count). The van der Waals surface area contributed by atoms with Crippen molar-refractivity contribution < 1.29 is 51.8 Å². The molecule has 296 valence electrons. The SMILES string of the molecule is CCCCCCCCCCCCCC(=O)OC[C@H](COP(=O)(O)OCCNC(=O)OCCOC)OC(=O)CCCCCCCCCCCCC. The maximum absolute atomic E-state index is 12.6. The molecule has 0 aliphatic heterocycles. The van der Waals surface area contributed by atoms with Gasteiger partial charge in [0.1, 0.15) is 13.2 Å². The third-order valence-electron chi connectivity index (χ3n) is 8.27. The number of phosphoric ester groups is 1. The van der Waals surface area contributed by atoms with Crippen molar-refractivity contribution in [2.45, 2.75) is 174 Å². The van der Waals surface area contributed by atoms with Gasteiger partial charge in [0.05, 0.1) is 19.8 Å². The van der Waals surface area contributed by atoms with Crippen molar-refractivity contribution >= 4 is 25.9 Å². The molecule has 0 radical (unpaired) electrons. The molecule has 0 saturated heterocycles. The number of nitrogens with one attached hydrogen (secondary N) is 1. The van der Waals surface area contributed by atoms with E-state index in [4.69, 9.17) is 28.0 Å². The summed E-state index contributed by atoms with van der Waals surface area (Å²) in [6, 6.07) is 0. The summed E-state index contributed by atoms with van der Waals surface area (Å²) in [5.41, 5.74) is 0. The zero-order valence-corrected chi connectivity index (χ0v) is 32.7. The largest absolute Gasteiger partial charge is 0.472 e. The molecule has 0 fully saturated rings. The van der Waals surface area contributed by atoms with Crippen LogP contribution >= 0.6 is 7.82 Å². The summed E-state index contributed by atoms with van der Waals surface area (Å²) in [4.78, 5) is 46.7. The maximum atomic E-state index is 12.6. The number of hydrogen-bond acceptors (Lipinski definition) is 10. The molecule has 0 aliphatic carbocycles. The third kappa shape index (κ3) is 34.7. The van der Waals surface area contributed by atoms with Crippen LogP contribution in [-0.2, 0) is 42.1 Å². The van der Waals surface area contributed by atoms with Crippen molar-refractivity contribution in [1.82, 2.24) is 5.32 Å². The predicted molar refractivity (Wildman–Crippen MR) is 196 cm³/mol. The van der Waals surface area contributed by atoms with Crippen molar-refractivity contribution in [1.29, 1.82) is 0 Å². The Bertz CT molecular complexity index is 861. The fourth-order valence-electron chi connectivity index (χ4n) is 5.28. The number of amides is 1. The fourth-order valence-corrected chi connectivity index (χ4v) is 6.03. The number of unbranched alkanes of at least 4 members (excludes halogenated alkanes) is 20. The number of rotatable bonds is 37. The Morgan fingerprint density at radius 3 is 1.52 bits per heavy atom. The number of carbonyl (C=O) groups is 3. The second-order valence-corrected chi connectivity index (χ2v) is 14.5. The van der Waals surface area contributed by atoms with Crippen molar-refractivity contribution in [2.24, 2.45) is 0 Å². The van der Waals surface area contributed by atoms with Crippen molar-refractivity contribution in [3.8, 4) is 0 Å². The summed E-state index contributed by atoms with van der Waals surface area (Å²) in [5.74, 6) is -0.903. The van der Waals surface area contributed by atoms with Crippen LogP contribution in [0.1, 0.15) is 168 Å². The topological polar surface area (TPSA) is 156 Å². The Kier molecular flexibility index (Phi) is 34.4. The van der Waals surface area contributed by atoms with E-state index in [0.29, 0.717) is 12.8 Å². The lowest BCUT2D eigenvalue weighted by atomic mass is 10.1. The van der Waals surface area contributed by atoms with E-state index in [1.54, 1.807) is 0 Å². The van der Waals surface area contributed by atoms with Crippen LogP contribution in [0.4, 0.5) is 4.79 Å².